The summed E-state index contributed by atoms with van der Waals surface area (Å²) >= 11 is 3.46. The Morgan fingerprint density at radius 1 is 1.54 bits per heavy atom. The molecule has 0 saturated heterocycles. The predicted octanol–water partition coefficient (Wildman–Crippen LogP) is 2.36. The first-order valence-electron chi connectivity index (χ1n) is 4.22. The first-order chi connectivity index (χ1) is 6.20. The highest BCUT2D eigenvalue weighted by Crippen LogP contribution is 2.16. The van der Waals surface area contributed by atoms with Gasteiger partial charge in [-0.25, -0.2) is 9.50 Å². The van der Waals surface area contributed by atoms with Crippen LogP contribution in [0.2, 0.25) is 0 Å². The lowest BCUT2D eigenvalue weighted by Crippen LogP contribution is -1.89. The molecule has 0 atom stereocenters. The maximum atomic E-state index is 4.36. The molecule has 0 aliphatic rings. The van der Waals surface area contributed by atoms with Crippen molar-refractivity contribution in [2.45, 2.75) is 20.3 Å². The molecule has 68 valence electrons. The fraction of sp³-hybridized carbons (Fsp3) is 0.333. The summed E-state index contributed by atoms with van der Waals surface area (Å²) in [5, 5.41) is 4.31. The van der Waals surface area contributed by atoms with Crippen LogP contribution in [0.15, 0.2) is 16.7 Å². The van der Waals surface area contributed by atoms with Gasteiger partial charge in [0.25, 0.3) is 0 Å². The summed E-state index contributed by atoms with van der Waals surface area (Å²) in [6, 6.07) is 2.02. The maximum absolute atomic E-state index is 4.36. The quantitative estimate of drug-likeness (QED) is 0.765. The van der Waals surface area contributed by atoms with Crippen LogP contribution in [0.5, 0.6) is 0 Å². The molecule has 0 aliphatic carbocycles. The molecule has 2 rings (SSSR count). The van der Waals surface area contributed by atoms with Crippen molar-refractivity contribution in [2.75, 3.05) is 0 Å². The first-order valence-corrected chi connectivity index (χ1v) is 5.01. The average Bonchev–Trinajstić information content (AvgIpc) is 2.48. The van der Waals surface area contributed by atoms with Crippen molar-refractivity contribution in [2.24, 2.45) is 0 Å². The van der Waals surface area contributed by atoms with Gasteiger partial charge >= 0.3 is 0 Å². The molecule has 0 amide bonds. The lowest BCUT2D eigenvalue weighted by molar-refractivity contribution is 0.882. The van der Waals surface area contributed by atoms with Crippen molar-refractivity contribution in [3.8, 4) is 0 Å². The van der Waals surface area contributed by atoms with Gasteiger partial charge in [-0.05, 0) is 34.5 Å². The van der Waals surface area contributed by atoms with Gasteiger partial charge < -0.3 is 0 Å². The fourth-order valence-corrected chi connectivity index (χ4v) is 1.50. The number of pyridine rings is 1. The van der Waals surface area contributed by atoms with Gasteiger partial charge in [-0.1, -0.05) is 6.92 Å². The van der Waals surface area contributed by atoms with Crippen LogP contribution in [-0.2, 0) is 6.42 Å². The molecule has 0 radical (unpaired) electrons. The molecule has 0 N–H and O–H groups in total. The molecule has 0 fully saturated rings. The van der Waals surface area contributed by atoms with E-state index in [4.69, 9.17) is 0 Å². The second-order valence-electron chi connectivity index (χ2n) is 2.99. The Morgan fingerprint density at radius 3 is 3.00 bits per heavy atom. The minimum atomic E-state index is 0.873. The van der Waals surface area contributed by atoms with Crippen molar-refractivity contribution in [1.82, 2.24) is 14.6 Å². The normalized spacial score (nSPS) is 11.0. The molecule has 3 nitrogen and oxygen atoms in total. The van der Waals surface area contributed by atoms with Crippen molar-refractivity contribution >= 4 is 21.6 Å². The fourth-order valence-electron chi connectivity index (χ4n) is 1.20. The molecule has 13 heavy (non-hydrogen) atoms. The van der Waals surface area contributed by atoms with E-state index in [2.05, 4.69) is 32.9 Å². The molecule has 2 aromatic heterocycles. The number of aryl methyl sites for hydroxylation is 2. The van der Waals surface area contributed by atoms with Gasteiger partial charge in [0.2, 0.25) is 0 Å². The van der Waals surface area contributed by atoms with Crippen LogP contribution in [0.4, 0.5) is 0 Å². The zero-order chi connectivity index (χ0) is 9.42. The van der Waals surface area contributed by atoms with Gasteiger partial charge in [-0.3, -0.25) is 0 Å². The van der Waals surface area contributed by atoms with E-state index in [1.807, 2.05) is 19.2 Å². The van der Waals surface area contributed by atoms with E-state index in [0.29, 0.717) is 0 Å². The highest BCUT2D eigenvalue weighted by atomic mass is 79.9. The Kier molecular flexibility index (Phi) is 2.07. The Morgan fingerprint density at radius 2 is 2.31 bits per heavy atom. The number of nitrogens with zero attached hydrogens (tertiary/aromatic N) is 3. The van der Waals surface area contributed by atoms with E-state index >= 15 is 0 Å². The summed E-state index contributed by atoms with van der Waals surface area (Å²) in [6.07, 6.45) is 2.81. The van der Waals surface area contributed by atoms with Crippen LogP contribution in [0, 0.1) is 6.92 Å². The Bertz CT molecular complexity index is 408. The summed E-state index contributed by atoms with van der Waals surface area (Å²) < 4.78 is 2.86. The van der Waals surface area contributed by atoms with Crippen molar-refractivity contribution in [1.29, 1.82) is 0 Å². The SMILES string of the molecule is CCc1nc2cc(C)c(Br)cn2n1. The summed E-state index contributed by atoms with van der Waals surface area (Å²) in [7, 11) is 0. The topological polar surface area (TPSA) is 30.2 Å². The highest BCUT2D eigenvalue weighted by molar-refractivity contribution is 9.10. The van der Waals surface area contributed by atoms with Crippen LogP contribution in [-0.4, -0.2) is 14.6 Å². The molecule has 2 heterocycles. The van der Waals surface area contributed by atoms with Gasteiger partial charge in [-0.15, -0.1) is 0 Å². The van der Waals surface area contributed by atoms with Gasteiger partial charge in [-0.2, -0.15) is 5.10 Å². The summed E-state index contributed by atoms with van der Waals surface area (Å²) in [6.45, 7) is 4.10. The van der Waals surface area contributed by atoms with Gasteiger partial charge in [0, 0.05) is 17.1 Å². The lowest BCUT2D eigenvalue weighted by atomic mass is 10.3. The van der Waals surface area contributed by atoms with E-state index in [1.165, 1.54) is 5.56 Å². The summed E-state index contributed by atoms with van der Waals surface area (Å²) in [5.74, 6) is 0.887. The predicted molar refractivity (Wildman–Crippen MR) is 54.8 cm³/mol. The number of hydrogen-bond donors (Lipinski definition) is 0. The largest absolute Gasteiger partial charge is 0.220 e. The van der Waals surface area contributed by atoms with Crippen LogP contribution < -0.4 is 0 Å². The minimum Gasteiger partial charge on any atom is -0.220 e. The second kappa shape index (κ2) is 3.10. The third-order valence-corrected chi connectivity index (χ3v) is 2.81. The van der Waals surface area contributed by atoms with Crippen LogP contribution in [0.1, 0.15) is 18.3 Å². The molecule has 0 saturated carbocycles. The van der Waals surface area contributed by atoms with Crippen molar-refractivity contribution in [3.63, 3.8) is 0 Å². The summed E-state index contributed by atoms with van der Waals surface area (Å²) in [4.78, 5) is 4.36. The highest BCUT2D eigenvalue weighted by Gasteiger charge is 2.03. The molecule has 0 spiro atoms. The second-order valence-corrected chi connectivity index (χ2v) is 3.84. The van der Waals surface area contributed by atoms with Crippen LogP contribution in [0.25, 0.3) is 5.65 Å². The Hall–Kier alpha value is -0.900. The molecule has 0 aromatic carbocycles. The Labute approximate surface area is 84.9 Å². The third kappa shape index (κ3) is 1.46. The molecule has 4 heteroatoms. The van der Waals surface area contributed by atoms with Gasteiger partial charge in [0.1, 0.15) is 0 Å². The van der Waals surface area contributed by atoms with Crippen molar-refractivity contribution < 1.29 is 0 Å². The van der Waals surface area contributed by atoms with E-state index in [0.717, 1.165) is 22.4 Å². The monoisotopic (exact) mass is 239 g/mol. The first kappa shape index (κ1) is 8.69. The molecule has 0 bridgehead atoms. The average molecular weight is 240 g/mol. The third-order valence-electron chi connectivity index (χ3n) is 1.98. The smallest absolute Gasteiger partial charge is 0.155 e. The standard InChI is InChI=1S/C9H10BrN3/c1-3-8-11-9-4-6(2)7(10)5-13(9)12-8/h4-5H,3H2,1-2H3. The molecular formula is C9H10BrN3. The maximum Gasteiger partial charge on any atom is 0.155 e. The van der Waals surface area contributed by atoms with Crippen molar-refractivity contribution in [3.05, 3.63) is 28.1 Å². The number of fused-ring (bicyclic) bond motifs is 1. The zero-order valence-electron chi connectivity index (χ0n) is 7.58. The van der Waals surface area contributed by atoms with Crippen LogP contribution in [0.3, 0.4) is 0 Å². The number of hydrogen-bond acceptors (Lipinski definition) is 2. The van der Waals surface area contributed by atoms with E-state index in [9.17, 15) is 0 Å². The minimum absolute atomic E-state index is 0.873. The molecular weight excluding hydrogens is 230 g/mol. The van der Waals surface area contributed by atoms with E-state index in [1.54, 1.807) is 4.52 Å². The molecule has 2 aromatic rings. The molecule has 0 unspecified atom stereocenters. The number of halogens is 1. The van der Waals surface area contributed by atoms with Gasteiger partial charge in [0.15, 0.2) is 11.5 Å². The number of rotatable bonds is 1. The van der Waals surface area contributed by atoms with Crippen LogP contribution >= 0.6 is 15.9 Å². The zero-order valence-corrected chi connectivity index (χ0v) is 9.17. The van der Waals surface area contributed by atoms with Gasteiger partial charge in [0.05, 0.1) is 0 Å². The van der Waals surface area contributed by atoms with E-state index < -0.39 is 0 Å². The molecule has 0 aliphatic heterocycles. The van der Waals surface area contributed by atoms with E-state index in [-0.39, 0.29) is 0 Å². The lowest BCUT2D eigenvalue weighted by Gasteiger charge is -1.96. The Balaban J connectivity index is 2.70. The summed E-state index contributed by atoms with van der Waals surface area (Å²) in [5.41, 5.74) is 2.10. The number of aromatic nitrogens is 3.